The maximum Gasteiger partial charge on any atom is 0.160 e. The first-order valence-corrected chi connectivity index (χ1v) is 7.22. The fourth-order valence-electron chi connectivity index (χ4n) is 3.22. The summed E-state index contributed by atoms with van der Waals surface area (Å²) in [5.74, 6) is 2.75. The average molecular weight is 263 g/mol. The highest BCUT2D eigenvalue weighted by molar-refractivity contribution is 5.44. The Kier molecular flexibility index (Phi) is 5.08. The van der Waals surface area contributed by atoms with Crippen molar-refractivity contribution in [3.63, 3.8) is 0 Å². The van der Waals surface area contributed by atoms with Crippen LogP contribution in [-0.2, 0) is 0 Å². The zero-order chi connectivity index (χ0) is 13.7. The summed E-state index contributed by atoms with van der Waals surface area (Å²) in [7, 11) is 3.35. The van der Waals surface area contributed by atoms with Crippen LogP contribution >= 0.6 is 0 Å². The van der Waals surface area contributed by atoms with Gasteiger partial charge in [-0.15, -0.1) is 0 Å². The van der Waals surface area contributed by atoms with Crippen LogP contribution in [0, 0.1) is 5.92 Å². The number of hydrogen-bond acceptors (Lipinski definition) is 3. The molecule has 2 rings (SSSR count). The van der Waals surface area contributed by atoms with Crippen LogP contribution in [-0.4, -0.2) is 20.8 Å². The maximum absolute atomic E-state index is 6.03. The number of nitrogens with two attached hydrogens (primary N) is 1. The van der Waals surface area contributed by atoms with Gasteiger partial charge in [-0.25, -0.2) is 0 Å². The molecule has 2 N–H and O–H groups in total. The number of ether oxygens (including phenoxy) is 2. The quantitative estimate of drug-likeness (QED) is 0.886. The minimum absolute atomic E-state index is 0.445. The molecule has 0 heterocycles. The van der Waals surface area contributed by atoms with E-state index in [0.717, 1.165) is 17.4 Å². The van der Waals surface area contributed by atoms with E-state index in [-0.39, 0.29) is 0 Å². The van der Waals surface area contributed by atoms with Crippen molar-refractivity contribution in [3.8, 4) is 11.5 Å². The van der Waals surface area contributed by atoms with Crippen LogP contribution in [0.4, 0.5) is 0 Å². The highest BCUT2D eigenvalue weighted by Gasteiger charge is 2.24. The summed E-state index contributed by atoms with van der Waals surface area (Å²) in [4.78, 5) is 0. The number of hydrogen-bond donors (Lipinski definition) is 1. The molecule has 1 saturated carbocycles. The Morgan fingerprint density at radius 1 is 1.11 bits per heavy atom. The Morgan fingerprint density at radius 3 is 2.37 bits per heavy atom. The van der Waals surface area contributed by atoms with Gasteiger partial charge in [-0.2, -0.15) is 0 Å². The fourth-order valence-corrected chi connectivity index (χ4v) is 3.22. The highest BCUT2D eigenvalue weighted by Crippen LogP contribution is 2.38. The summed E-state index contributed by atoms with van der Waals surface area (Å²) >= 11 is 0. The van der Waals surface area contributed by atoms with Crippen molar-refractivity contribution in [2.45, 2.75) is 38.0 Å². The molecule has 106 valence electrons. The largest absolute Gasteiger partial charge is 0.493 e. The molecule has 0 radical (unpaired) electrons. The van der Waals surface area contributed by atoms with Gasteiger partial charge in [-0.05, 0) is 48.9 Å². The molecule has 1 aliphatic carbocycles. The molecule has 1 unspecified atom stereocenters. The van der Waals surface area contributed by atoms with Gasteiger partial charge in [0.25, 0.3) is 0 Å². The topological polar surface area (TPSA) is 44.5 Å². The molecule has 0 spiro atoms. The van der Waals surface area contributed by atoms with E-state index in [1.807, 2.05) is 6.07 Å². The Labute approximate surface area is 116 Å². The monoisotopic (exact) mass is 263 g/mol. The zero-order valence-electron chi connectivity index (χ0n) is 12.0. The van der Waals surface area contributed by atoms with E-state index >= 15 is 0 Å². The van der Waals surface area contributed by atoms with Gasteiger partial charge in [-0.1, -0.05) is 25.3 Å². The van der Waals surface area contributed by atoms with E-state index < -0.39 is 0 Å². The van der Waals surface area contributed by atoms with Crippen LogP contribution in [0.3, 0.4) is 0 Å². The van der Waals surface area contributed by atoms with Gasteiger partial charge in [0.15, 0.2) is 11.5 Å². The third-order valence-electron chi connectivity index (χ3n) is 4.31. The summed E-state index contributed by atoms with van der Waals surface area (Å²) in [5.41, 5.74) is 7.31. The highest BCUT2D eigenvalue weighted by atomic mass is 16.5. The molecule has 0 saturated heterocycles. The van der Waals surface area contributed by atoms with E-state index in [4.69, 9.17) is 15.2 Å². The molecule has 0 aromatic heterocycles. The lowest BCUT2D eigenvalue weighted by Gasteiger charge is -2.30. The first-order valence-electron chi connectivity index (χ1n) is 7.22. The molecule has 1 aromatic rings. The standard InChI is InChI=1S/C16H25NO2/c1-18-15-9-8-13(10-16(15)19-2)14(11-17)12-6-4-3-5-7-12/h8-10,12,14H,3-7,11,17H2,1-2H3. The molecule has 0 aliphatic heterocycles. The second-order valence-electron chi connectivity index (χ2n) is 5.35. The second kappa shape index (κ2) is 6.80. The summed E-state index contributed by atoms with van der Waals surface area (Å²) in [6, 6.07) is 6.21. The van der Waals surface area contributed by atoms with Gasteiger partial charge >= 0.3 is 0 Å². The van der Waals surface area contributed by atoms with Gasteiger partial charge in [0.1, 0.15) is 0 Å². The lowest BCUT2D eigenvalue weighted by molar-refractivity contribution is 0.305. The number of rotatable bonds is 5. The van der Waals surface area contributed by atoms with Crippen LogP contribution in [0.2, 0.25) is 0 Å². The first kappa shape index (κ1) is 14.2. The third-order valence-corrected chi connectivity index (χ3v) is 4.31. The normalized spacial score (nSPS) is 18.1. The SMILES string of the molecule is COc1ccc(C(CN)C2CCCCC2)cc1OC. The average Bonchev–Trinajstić information content (AvgIpc) is 2.49. The summed E-state index contributed by atoms with van der Waals surface area (Å²) in [6.07, 6.45) is 6.66. The van der Waals surface area contributed by atoms with Gasteiger partial charge < -0.3 is 15.2 Å². The van der Waals surface area contributed by atoms with Crippen LogP contribution in [0.25, 0.3) is 0 Å². The molecule has 1 aromatic carbocycles. The smallest absolute Gasteiger partial charge is 0.160 e. The number of methoxy groups -OCH3 is 2. The predicted molar refractivity (Wildman–Crippen MR) is 77.9 cm³/mol. The zero-order valence-corrected chi connectivity index (χ0v) is 12.0. The maximum atomic E-state index is 6.03. The van der Waals surface area contributed by atoms with Crippen molar-refractivity contribution < 1.29 is 9.47 Å². The van der Waals surface area contributed by atoms with Crippen LogP contribution in [0.15, 0.2) is 18.2 Å². The third kappa shape index (κ3) is 3.21. The Balaban J connectivity index is 2.22. The van der Waals surface area contributed by atoms with Crippen molar-refractivity contribution in [2.24, 2.45) is 11.7 Å². The van der Waals surface area contributed by atoms with Gasteiger partial charge in [0.05, 0.1) is 14.2 Å². The molecule has 1 atom stereocenters. The van der Waals surface area contributed by atoms with Crippen molar-refractivity contribution in [1.82, 2.24) is 0 Å². The van der Waals surface area contributed by atoms with E-state index in [2.05, 4.69) is 12.1 Å². The van der Waals surface area contributed by atoms with Gasteiger partial charge in [-0.3, -0.25) is 0 Å². The molecule has 3 heteroatoms. The van der Waals surface area contributed by atoms with E-state index in [9.17, 15) is 0 Å². The first-order chi connectivity index (χ1) is 9.30. The molecule has 0 amide bonds. The van der Waals surface area contributed by atoms with Crippen LogP contribution in [0.1, 0.15) is 43.6 Å². The molecule has 19 heavy (non-hydrogen) atoms. The minimum atomic E-state index is 0.445. The van der Waals surface area contributed by atoms with Crippen molar-refractivity contribution in [1.29, 1.82) is 0 Å². The predicted octanol–water partition coefficient (Wildman–Crippen LogP) is 3.33. The fraction of sp³-hybridized carbons (Fsp3) is 0.625. The molecule has 3 nitrogen and oxygen atoms in total. The van der Waals surface area contributed by atoms with Crippen molar-refractivity contribution in [2.75, 3.05) is 20.8 Å². The number of benzene rings is 1. The second-order valence-corrected chi connectivity index (χ2v) is 5.35. The van der Waals surface area contributed by atoms with Crippen molar-refractivity contribution in [3.05, 3.63) is 23.8 Å². The lowest BCUT2D eigenvalue weighted by atomic mass is 9.77. The molecular weight excluding hydrogens is 238 g/mol. The van der Waals surface area contributed by atoms with Gasteiger partial charge in [0, 0.05) is 0 Å². The molecule has 1 aliphatic rings. The molecule has 0 bridgehead atoms. The van der Waals surface area contributed by atoms with Gasteiger partial charge in [0.2, 0.25) is 0 Å². The summed E-state index contributed by atoms with van der Waals surface area (Å²) in [5, 5.41) is 0. The van der Waals surface area contributed by atoms with Crippen LogP contribution in [0.5, 0.6) is 11.5 Å². The lowest BCUT2D eigenvalue weighted by Crippen LogP contribution is -2.23. The van der Waals surface area contributed by atoms with Crippen molar-refractivity contribution >= 4 is 0 Å². The Bertz CT molecular complexity index is 400. The Hall–Kier alpha value is -1.22. The van der Waals surface area contributed by atoms with Crippen LogP contribution < -0.4 is 15.2 Å². The van der Waals surface area contributed by atoms with E-state index in [1.165, 1.54) is 37.7 Å². The molecule has 1 fully saturated rings. The molecular formula is C16H25NO2. The Morgan fingerprint density at radius 2 is 1.79 bits per heavy atom. The summed E-state index contributed by atoms with van der Waals surface area (Å²) < 4.78 is 10.7. The summed E-state index contributed by atoms with van der Waals surface area (Å²) in [6.45, 7) is 0.708. The van der Waals surface area contributed by atoms with E-state index in [1.54, 1.807) is 14.2 Å². The van der Waals surface area contributed by atoms with E-state index in [0.29, 0.717) is 12.5 Å². The minimum Gasteiger partial charge on any atom is -0.493 e.